The molecule has 0 saturated heterocycles. The van der Waals surface area contributed by atoms with Crippen molar-refractivity contribution in [1.29, 1.82) is 0 Å². The molecule has 3 radical (unpaired) electrons. The predicted octanol–water partition coefficient (Wildman–Crippen LogP) is 11.6. The molecule has 0 aliphatic rings. The third-order valence-corrected chi connectivity index (χ3v) is 9.40. The van der Waals surface area contributed by atoms with Gasteiger partial charge in [-0.05, 0) is 54.5 Å². The molecule has 0 fully saturated rings. The van der Waals surface area contributed by atoms with Gasteiger partial charge in [-0.15, -0.1) is 0 Å². The Labute approximate surface area is 292 Å². The van der Waals surface area contributed by atoms with Crippen LogP contribution in [-0.2, 0) is 10.2 Å². The van der Waals surface area contributed by atoms with Crippen molar-refractivity contribution in [2.24, 2.45) is 0 Å². The lowest BCUT2D eigenvalue weighted by Crippen LogP contribution is -2.53. The highest BCUT2D eigenvalue weighted by molar-refractivity contribution is 6.08. The van der Waals surface area contributed by atoms with E-state index in [2.05, 4.69) is 112 Å². The monoisotopic (exact) mass is 642 g/mol. The summed E-state index contributed by atoms with van der Waals surface area (Å²) < 4.78 is 5.85. The quantitative estimate of drug-likeness (QED) is 0.0646. The van der Waals surface area contributed by atoms with Crippen molar-refractivity contribution in [3.8, 4) is 0 Å². The Morgan fingerprint density at radius 2 is 1.02 bits per heavy atom. The van der Waals surface area contributed by atoms with Crippen LogP contribution in [0.4, 0.5) is 0 Å². The van der Waals surface area contributed by atoms with Gasteiger partial charge in [-0.1, -0.05) is 156 Å². The molecule has 4 aromatic carbocycles. The molecule has 5 aromatic rings. The van der Waals surface area contributed by atoms with E-state index in [-0.39, 0.29) is 5.41 Å². The molecule has 48 heavy (non-hydrogen) atoms. The van der Waals surface area contributed by atoms with Crippen LogP contribution in [0.15, 0.2) is 132 Å². The number of para-hydroxylation sites is 1. The standard InChI is InChI=1S/C22H21B.C14H30NO.C8H6O/c23-18-10-17-22(19-11-4-1-5-12-19,20-13-6-2-7-14-20)21-15-8-3-9-16-21;1-5-8-11-15(14(4)16,12-9-6-2)13-10-7-3;1-2-4-8-7(3-1)5-6-9-8/h1-9,11-16H,10,17-18H2;5-13H2,1-4H3;1-6H/q-1;+1;. The second kappa shape index (κ2) is 21.2. The lowest BCUT2D eigenvalue weighted by Gasteiger charge is -2.37. The molecule has 0 spiro atoms. The van der Waals surface area contributed by atoms with Gasteiger partial charge in [0.2, 0.25) is 0 Å². The molecule has 0 atom stereocenters. The second-order valence-electron chi connectivity index (χ2n) is 12.7. The molecule has 3 nitrogen and oxygen atoms in total. The van der Waals surface area contributed by atoms with E-state index in [0.717, 1.165) is 47.9 Å². The zero-order chi connectivity index (χ0) is 34.5. The van der Waals surface area contributed by atoms with Crippen LogP contribution in [0.25, 0.3) is 11.0 Å². The van der Waals surface area contributed by atoms with Crippen molar-refractivity contribution in [3.63, 3.8) is 0 Å². The smallest absolute Gasteiger partial charge is 0.310 e. The minimum absolute atomic E-state index is 0.150. The van der Waals surface area contributed by atoms with E-state index in [9.17, 15) is 4.79 Å². The van der Waals surface area contributed by atoms with Crippen LogP contribution in [0, 0.1) is 0 Å². The van der Waals surface area contributed by atoms with Gasteiger partial charge < -0.3 is 12.3 Å². The van der Waals surface area contributed by atoms with Crippen LogP contribution in [0.1, 0.15) is 95.8 Å². The number of fused-ring (bicyclic) bond motifs is 1. The highest BCUT2D eigenvalue weighted by Crippen LogP contribution is 2.43. The van der Waals surface area contributed by atoms with Gasteiger partial charge in [0.15, 0.2) is 0 Å². The molecule has 253 valence electrons. The number of rotatable bonds is 15. The third-order valence-electron chi connectivity index (χ3n) is 9.40. The summed E-state index contributed by atoms with van der Waals surface area (Å²) in [4.78, 5) is 12.0. The Hall–Kier alpha value is -3.89. The van der Waals surface area contributed by atoms with Gasteiger partial charge in [-0.25, -0.2) is 4.79 Å². The topological polar surface area (TPSA) is 30.2 Å². The fourth-order valence-electron chi connectivity index (χ4n) is 6.56. The molecule has 0 aliphatic heterocycles. The van der Waals surface area contributed by atoms with Gasteiger partial charge in [0, 0.05) is 10.8 Å². The maximum Gasteiger partial charge on any atom is 0.310 e. The van der Waals surface area contributed by atoms with Crippen molar-refractivity contribution in [1.82, 2.24) is 0 Å². The molecule has 0 bridgehead atoms. The summed E-state index contributed by atoms with van der Waals surface area (Å²) in [5.74, 6) is 0.371. The van der Waals surface area contributed by atoms with Crippen molar-refractivity contribution >= 4 is 24.7 Å². The summed E-state index contributed by atoms with van der Waals surface area (Å²) in [5.41, 5.74) is 4.78. The number of nitrogens with zero attached hydrogens (tertiary/aromatic N) is 1. The molecule has 0 saturated carbocycles. The first-order valence-corrected chi connectivity index (χ1v) is 18.1. The summed E-state index contributed by atoms with van der Waals surface area (Å²) in [6.45, 7) is 11.5. The van der Waals surface area contributed by atoms with Gasteiger partial charge >= 0.3 is 5.91 Å². The Kier molecular flexibility index (Phi) is 17.0. The molecule has 4 heteroatoms. The normalized spacial score (nSPS) is 11.3. The number of carbonyl (C=O) groups excluding carboxylic acids is 1. The molecule has 0 aliphatic carbocycles. The maximum absolute atomic E-state index is 12.0. The maximum atomic E-state index is 12.0. The van der Waals surface area contributed by atoms with E-state index in [1.807, 2.05) is 30.3 Å². The SMILES string of the molecule is CCCC[N+](CCCC)(CCCC)C(C)=O.[B-]CCCC(c1ccccc1)(c1ccccc1)c1ccccc1.c1ccc2occc2c1. The third kappa shape index (κ3) is 10.8. The predicted molar refractivity (Wildman–Crippen MR) is 205 cm³/mol. The lowest BCUT2D eigenvalue weighted by molar-refractivity contribution is -0.855. The number of benzene rings is 4. The highest BCUT2D eigenvalue weighted by atomic mass is 16.3. The number of unbranched alkanes of at least 4 members (excludes halogenated alkanes) is 3. The first kappa shape index (κ1) is 38.6. The number of hydrogen-bond donors (Lipinski definition) is 0. The fourth-order valence-corrected chi connectivity index (χ4v) is 6.56. The van der Waals surface area contributed by atoms with Crippen molar-refractivity contribution in [2.75, 3.05) is 19.6 Å². The van der Waals surface area contributed by atoms with Gasteiger partial charge in [0.05, 0.1) is 32.8 Å². The number of amides is 1. The summed E-state index contributed by atoms with van der Waals surface area (Å²) in [6.07, 6.45) is 11.5. The van der Waals surface area contributed by atoms with Gasteiger partial charge in [-0.2, -0.15) is 0 Å². The number of hydrogen-bond acceptors (Lipinski definition) is 2. The van der Waals surface area contributed by atoms with Crippen LogP contribution in [0.5, 0.6) is 0 Å². The summed E-state index contributed by atoms with van der Waals surface area (Å²) in [7, 11) is 5.87. The molecule has 0 unspecified atom stereocenters. The minimum Gasteiger partial charge on any atom is -0.626 e. The van der Waals surface area contributed by atoms with Crippen LogP contribution < -0.4 is 0 Å². The van der Waals surface area contributed by atoms with E-state index in [1.54, 1.807) is 13.2 Å². The molecule has 5 rings (SSSR count). The van der Waals surface area contributed by atoms with E-state index in [1.165, 1.54) is 55.2 Å². The van der Waals surface area contributed by atoms with E-state index < -0.39 is 0 Å². The van der Waals surface area contributed by atoms with Gasteiger partial charge in [-0.3, -0.25) is 10.8 Å². The molecule has 1 heterocycles. The Bertz CT molecular complexity index is 1400. The summed E-state index contributed by atoms with van der Waals surface area (Å²) in [5, 5.41) is 1.16. The number of quaternary nitrogens is 1. The zero-order valence-corrected chi connectivity index (χ0v) is 30.0. The Balaban J connectivity index is 0.000000216. The van der Waals surface area contributed by atoms with Gasteiger partial charge in [0.25, 0.3) is 0 Å². The largest absolute Gasteiger partial charge is 0.626 e. The fraction of sp³-hybridized carbons (Fsp3) is 0.386. The van der Waals surface area contributed by atoms with Crippen LogP contribution in [0.3, 0.4) is 0 Å². The minimum atomic E-state index is -0.150. The highest BCUT2D eigenvalue weighted by Gasteiger charge is 2.35. The first-order valence-electron chi connectivity index (χ1n) is 18.1. The Morgan fingerprint density at radius 1 is 0.604 bits per heavy atom. The lowest BCUT2D eigenvalue weighted by atomic mass is 9.66. The second-order valence-corrected chi connectivity index (χ2v) is 12.7. The Morgan fingerprint density at radius 3 is 1.40 bits per heavy atom. The van der Waals surface area contributed by atoms with E-state index in [0.29, 0.717) is 12.2 Å². The van der Waals surface area contributed by atoms with Crippen molar-refractivity contribution in [3.05, 3.63) is 144 Å². The summed E-state index contributed by atoms with van der Waals surface area (Å²) in [6, 6.07) is 42.3. The average molecular weight is 643 g/mol. The molecular weight excluding hydrogens is 585 g/mol. The molecule has 0 N–H and O–H groups in total. The molecule has 1 aromatic heterocycles. The van der Waals surface area contributed by atoms with Crippen LogP contribution in [0.2, 0.25) is 6.32 Å². The molecular formula is C44H57BNO2. The van der Waals surface area contributed by atoms with E-state index in [4.69, 9.17) is 12.3 Å². The van der Waals surface area contributed by atoms with Crippen LogP contribution in [-0.4, -0.2) is 37.9 Å². The average Bonchev–Trinajstić information content (AvgIpc) is 3.63. The van der Waals surface area contributed by atoms with Gasteiger partial charge in [0.1, 0.15) is 5.58 Å². The van der Waals surface area contributed by atoms with E-state index >= 15 is 0 Å². The van der Waals surface area contributed by atoms with Crippen molar-refractivity contribution in [2.45, 2.75) is 90.8 Å². The number of furan rings is 1. The van der Waals surface area contributed by atoms with Crippen molar-refractivity contribution < 1.29 is 13.7 Å². The summed E-state index contributed by atoms with van der Waals surface area (Å²) >= 11 is 0. The molecule has 1 amide bonds. The first-order chi connectivity index (χ1) is 23.5. The van der Waals surface area contributed by atoms with Crippen LogP contribution >= 0.6 is 0 Å². The number of carbonyl (C=O) groups is 1. The zero-order valence-electron chi connectivity index (χ0n) is 30.0.